The van der Waals surface area contributed by atoms with E-state index in [0.29, 0.717) is 0 Å². The third-order valence-electron chi connectivity index (χ3n) is 3.50. The molecule has 86 valence electrons. The Morgan fingerprint density at radius 1 is 0.941 bits per heavy atom. The van der Waals surface area contributed by atoms with E-state index in [1.54, 1.807) is 0 Å². The Morgan fingerprint density at radius 2 is 1.65 bits per heavy atom. The third-order valence-corrected chi connectivity index (χ3v) is 4.17. The zero-order valence-corrected chi connectivity index (χ0v) is 11.6. The van der Waals surface area contributed by atoms with Gasteiger partial charge in [-0.1, -0.05) is 30.3 Å². The molecule has 0 saturated carbocycles. The van der Waals surface area contributed by atoms with E-state index in [1.165, 1.54) is 25.8 Å². The SMILES string of the molecule is NC1c2ccccc2CCc2ccc(I)cc21. The lowest BCUT2D eigenvalue weighted by Gasteiger charge is -2.15. The van der Waals surface area contributed by atoms with Gasteiger partial charge in [0.05, 0.1) is 6.04 Å². The van der Waals surface area contributed by atoms with Gasteiger partial charge in [-0.05, 0) is 69.8 Å². The monoisotopic (exact) mass is 335 g/mol. The van der Waals surface area contributed by atoms with Crippen LogP contribution in [0.15, 0.2) is 42.5 Å². The highest BCUT2D eigenvalue weighted by molar-refractivity contribution is 14.1. The molecule has 0 aromatic heterocycles. The first-order valence-electron chi connectivity index (χ1n) is 5.87. The van der Waals surface area contributed by atoms with E-state index in [-0.39, 0.29) is 6.04 Å². The van der Waals surface area contributed by atoms with Crippen LogP contribution < -0.4 is 5.73 Å². The predicted octanol–water partition coefficient (Wildman–Crippen LogP) is 3.44. The van der Waals surface area contributed by atoms with E-state index in [4.69, 9.17) is 5.73 Å². The fraction of sp³-hybridized carbons (Fsp3) is 0.200. The zero-order chi connectivity index (χ0) is 11.8. The number of hydrogen-bond acceptors (Lipinski definition) is 1. The molecule has 1 aliphatic carbocycles. The number of aryl methyl sites for hydroxylation is 2. The van der Waals surface area contributed by atoms with E-state index >= 15 is 0 Å². The molecular weight excluding hydrogens is 321 g/mol. The standard InChI is InChI=1S/C15H14IN/c16-12-8-7-11-6-5-10-3-1-2-4-13(10)15(17)14(11)9-12/h1-4,7-9,15H,5-6,17H2. The molecular formula is C15H14IN. The van der Waals surface area contributed by atoms with E-state index in [0.717, 1.165) is 12.8 Å². The van der Waals surface area contributed by atoms with Crippen LogP contribution in [0.3, 0.4) is 0 Å². The molecule has 2 aromatic carbocycles. The van der Waals surface area contributed by atoms with Crippen LogP contribution in [-0.2, 0) is 12.8 Å². The molecule has 2 heteroatoms. The van der Waals surface area contributed by atoms with Crippen molar-refractivity contribution < 1.29 is 0 Å². The second-order valence-electron chi connectivity index (χ2n) is 4.52. The lowest BCUT2D eigenvalue weighted by atomic mass is 9.96. The molecule has 0 bridgehead atoms. The number of hydrogen-bond donors (Lipinski definition) is 1. The van der Waals surface area contributed by atoms with Gasteiger partial charge in [-0.3, -0.25) is 0 Å². The van der Waals surface area contributed by atoms with Gasteiger partial charge in [0.25, 0.3) is 0 Å². The molecule has 3 rings (SSSR count). The van der Waals surface area contributed by atoms with Crippen LogP contribution in [0.5, 0.6) is 0 Å². The summed E-state index contributed by atoms with van der Waals surface area (Å²) < 4.78 is 1.26. The second kappa shape index (κ2) is 4.42. The van der Waals surface area contributed by atoms with Crippen molar-refractivity contribution in [3.8, 4) is 0 Å². The highest BCUT2D eigenvalue weighted by Gasteiger charge is 2.19. The third kappa shape index (κ3) is 2.00. The van der Waals surface area contributed by atoms with Gasteiger partial charge in [0.2, 0.25) is 0 Å². The topological polar surface area (TPSA) is 26.0 Å². The largest absolute Gasteiger partial charge is 0.320 e. The summed E-state index contributed by atoms with van der Waals surface area (Å²) in [5, 5.41) is 0. The van der Waals surface area contributed by atoms with Crippen molar-refractivity contribution in [3.63, 3.8) is 0 Å². The van der Waals surface area contributed by atoms with Crippen molar-refractivity contribution in [3.05, 3.63) is 68.3 Å². The van der Waals surface area contributed by atoms with Gasteiger partial charge in [0, 0.05) is 3.57 Å². The van der Waals surface area contributed by atoms with Crippen LogP contribution in [0.4, 0.5) is 0 Å². The Bertz CT molecular complexity index is 563. The highest BCUT2D eigenvalue weighted by atomic mass is 127. The summed E-state index contributed by atoms with van der Waals surface area (Å²) in [6.07, 6.45) is 2.19. The van der Waals surface area contributed by atoms with Gasteiger partial charge >= 0.3 is 0 Å². The van der Waals surface area contributed by atoms with Crippen molar-refractivity contribution in [1.82, 2.24) is 0 Å². The maximum absolute atomic E-state index is 6.42. The Kier molecular flexibility index (Phi) is 2.92. The maximum Gasteiger partial charge on any atom is 0.0557 e. The molecule has 0 spiro atoms. The van der Waals surface area contributed by atoms with Gasteiger partial charge in [0.15, 0.2) is 0 Å². The van der Waals surface area contributed by atoms with Crippen LogP contribution in [0.25, 0.3) is 0 Å². The minimum Gasteiger partial charge on any atom is -0.320 e. The first-order valence-corrected chi connectivity index (χ1v) is 6.95. The van der Waals surface area contributed by atoms with Crippen molar-refractivity contribution in [2.75, 3.05) is 0 Å². The number of halogens is 1. The molecule has 0 aliphatic heterocycles. The Morgan fingerprint density at radius 3 is 2.47 bits per heavy atom. The molecule has 1 nitrogen and oxygen atoms in total. The van der Waals surface area contributed by atoms with Crippen LogP contribution in [-0.4, -0.2) is 0 Å². The molecule has 0 fully saturated rings. The first-order chi connectivity index (χ1) is 8.25. The molecule has 1 unspecified atom stereocenters. The highest BCUT2D eigenvalue weighted by Crippen LogP contribution is 2.31. The number of fused-ring (bicyclic) bond motifs is 2. The minimum atomic E-state index is 0.0263. The fourth-order valence-electron chi connectivity index (χ4n) is 2.59. The fourth-order valence-corrected chi connectivity index (χ4v) is 3.10. The maximum atomic E-state index is 6.42. The first kappa shape index (κ1) is 11.2. The minimum absolute atomic E-state index is 0.0263. The average molecular weight is 335 g/mol. The van der Waals surface area contributed by atoms with Crippen LogP contribution >= 0.6 is 22.6 Å². The number of nitrogens with two attached hydrogens (primary N) is 1. The summed E-state index contributed by atoms with van der Waals surface area (Å²) >= 11 is 2.35. The van der Waals surface area contributed by atoms with E-state index in [1.807, 2.05) is 0 Å². The number of benzene rings is 2. The van der Waals surface area contributed by atoms with Crippen molar-refractivity contribution in [2.24, 2.45) is 5.73 Å². The van der Waals surface area contributed by atoms with Gasteiger partial charge in [0.1, 0.15) is 0 Å². The molecule has 2 aromatic rings. The normalized spacial score (nSPS) is 18.1. The van der Waals surface area contributed by atoms with Crippen LogP contribution in [0.2, 0.25) is 0 Å². The Labute approximate surface area is 115 Å². The lowest BCUT2D eigenvalue weighted by Crippen LogP contribution is -2.13. The van der Waals surface area contributed by atoms with E-state index in [9.17, 15) is 0 Å². The van der Waals surface area contributed by atoms with Gasteiger partial charge in [-0.25, -0.2) is 0 Å². The van der Waals surface area contributed by atoms with Gasteiger partial charge in [-0.15, -0.1) is 0 Å². The van der Waals surface area contributed by atoms with Crippen LogP contribution in [0.1, 0.15) is 28.3 Å². The van der Waals surface area contributed by atoms with E-state index < -0.39 is 0 Å². The Hall–Kier alpha value is -0.870. The second-order valence-corrected chi connectivity index (χ2v) is 5.77. The number of rotatable bonds is 0. The predicted molar refractivity (Wildman–Crippen MR) is 79.0 cm³/mol. The molecule has 17 heavy (non-hydrogen) atoms. The quantitative estimate of drug-likeness (QED) is 0.734. The molecule has 0 radical (unpaired) electrons. The van der Waals surface area contributed by atoms with Gasteiger partial charge in [-0.2, -0.15) is 0 Å². The van der Waals surface area contributed by atoms with E-state index in [2.05, 4.69) is 65.1 Å². The molecule has 1 atom stereocenters. The Balaban J connectivity index is 2.18. The summed E-state index contributed by atoms with van der Waals surface area (Å²) in [6.45, 7) is 0. The molecule has 2 N–H and O–H groups in total. The summed E-state index contributed by atoms with van der Waals surface area (Å²) in [7, 11) is 0. The van der Waals surface area contributed by atoms with Crippen molar-refractivity contribution in [1.29, 1.82) is 0 Å². The van der Waals surface area contributed by atoms with Crippen molar-refractivity contribution in [2.45, 2.75) is 18.9 Å². The van der Waals surface area contributed by atoms with Crippen LogP contribution in [0, 0.1) is 3.57 Å². The summed E-state index contributed by atoms with van der Waals surface area (Å²) in [5.74, 6) is 0. The zero-order valence-electron chi connectivity index (χ0n) is 9.49. The summed E-state index contributed by atoms with van der Waals surface area (Å²) in [5.41, 5.74) is 11.8. The summed E-state index contributed by atoms with van der Waals surface area (Å²) in [6, 6.07) is 15.2. The smallest absolute Gasteiger partial charge is 0.0557 e. The van der Waals surface area contributed by atoms with Gasteiger partial charge < -0.3 is 5.73 Å². The summed E-state index contributed by atoms with van der Waals surface area (Å²) in [4.78, 5) is 0. The average Bonchev–Trinajstić information content (AvgIpc) is 2.49. The van der Waals surface area contributed by atoms with Crippen molar-refractivity contribution >= 4 is 22.6 Å². The molecule has 0 amide bonds. The lowest BCUT2D eigenvalue weighted by molar-refractivity contribution is 0.862. The molecule has 1 aliphatic rings. The molecule has 0 saturated heterocycles. The molecule has 0 heterocycles.